The number of hydrogen-bond donors (Lipinski definition) is 0. The minimum Gasteiger partial charge on any atom is -0.494 e. The molecule has 6 nitrogen and oxygen atoms in total. The van der Waals surface area contributed by atoms with Gasteiger partial charge in [-0.3, -0.25) is 9.59 Å². The Kier molecular flexibility index (Phi) is 19.6. The van der Waals surface area contributed by atoms with Crippen LogP contribution in [0.15, 0.2) is 48.5 Å². The van der Waals surface area contributed by atoms with Gasteiger partial charge >= 0.3 is 0 Å². The van der Waals surface area contributed by atoms with E-state index in [1.807, 2.05) is 86.5 Å². The van der Waals surface area contributed by atoms with Gasteiger partial charge in [0.15, 0.2) is 11.6 Å². The number of benzene rings is 2. The SMILES string of the molecule is CCCCOc1ccc(C(=O)C(CCC(CN(C)C)C(=O)c2ccc(OCCCC)cc2)CN(C)C)cc1.Cl.Cl. The van der Waals surface area contributed by atoms with Crippen LogP contribution in [0, 0.1) is 11.8 Å². The highest BCUT2D eigenvalue weighted by Gasteiger charge is 2.26. The first-order chi connectivity index (χ1) is 18.2. The number of rotatable bonds is 19. The van der Waals surface area contributed by atoms with Crippen molar-refractivity contribution in [2.45, 2.75) is 52.4 Å². The third kappa shape index (κ3) is 13.5. The monoisotopic (exact) mass is 596 g/mol. The Morgan fingerprint density at radius 3 is 1.23 bits per heavy atom. The first-order valence-electron chi connectivity index (χ1n) is 14.1. The molecule has 0 radical (unpaired) electrons. The number of nitrogens with zero attached hydrogens (tertiary/aromatic N) is 2. The van der Waals surface area contributed by atoms with Crippen LogP contribution in [0.3, 0.4) is 0 Å². The summed E-state index contributed by atoms with van der Waals surface area (Å²) in [6.07, 6.45) is 5.48. The number of hydrogen-bond acceptors (Lipinski definition) is 6. The summed E-state index contributed by atoms with van der Waals surface area (Å²) < 4.78 is 11.5. The van der Waals surface area contributed by atoms with Crippen molar-refractivity contribution in [3.63, 3.8) is 0 Å². The zero-order chi connectivity index (χ0) is 27.9. The molecule has 226 valence electrons. The molecule has 0 N–H and O–H groups in total. The van der Waals surface area contributed by atoms with Crippen molar-refractivity contribution < 1.29 is 19.1 Å². The van der Waals surface area contributed by atoms with Crippen molar-refractivity contribution in [3.8, 4) is 11.5 Å². The summed E-state index contributed by atoms with van der Waals surface area (Å²) in [4.78, 5) is 31.1. The Morgan fingerprint density at radius 2 is 0.950 bits per heavy atom. The van der Waals surface area contributed by atoms with Gasteiger partial charge in [0.25, 0.3) is 0 Å². The molecule has 2 aromatic carbocycles. The molecule has 0 aliphatic carbocycles. The molecule has 0 saturated heterocycles. The van der Waals surface area contributed by atoms with Crippen LogP contribution in [-0.2, 0) is 0 Å². The molecule has 0 bridgehead atoms. The fourth-order valence-electron chi connectivity index (χ4n) is 4.47. The van der Waals surface area contributed by atoms with Gasteiger partial charge in [0.2, 0.25) is 0 Å². The smallest absolute Gasteiger partial charge is 0.167 e. The lowest BCUT2D eigenvalue weighted by Gasteiger charge is -2.24. The van der Waals surface area contributed by atoms with E-state index < -0.39 is 0 Å². The van der Waals surface area contributed by atoms with Crippen molar-refractivity contribution in [3.05, 3.63) is 59.7 Å². The van der Waals surface area contributed by atoms with Gasteiger partial charge in [-0.1, -0.05) is 26.7 Å². The van der Waals surface area contributed by atoms with Crippen molar-refractivity contribution in [1.82, 2.24) is 9.80 Å². The Balaban J connectivity index is 0.00000760. The Morgan fingerprint density at radius 1 is 0.625 bits per heavy atom. The fourth-order valence-corrected chi connectivity index (χ4v) is 4.47. The van der Waals surface area contributed by atoms with Crippen LogP contribution in [0.5, 0.6) is 11.5 Å². The molecule has 2 rings (SSSR count). The van der Waals surface area contributed by atoms with Crippen molar-refractivity contribution in [2.75, 3.05) is 54.5 Å². The average molecular weight is 598 g/mol. The Hall–Kier alpha value is -2.12. The molecule has 2 aromatic rings. The van der Waals surface area contributed by atoms with Gasteiger partial charge in [0, 0.05) is 36.1 Å². The summed E-state index contributed by atoms with van der Waals surface area (Å²) in [5.74, 6) is 1.43. The summed E-state index contributed by atoms with van der Waals surface area (Å²) in [6.45, 7) is 6.91. The quantitative estimate of drug-likeness (QED) is 0.127. The Labute approximate surface area is 254 Å². The van der Waals surface area contributed by atoms with E-state index in [0.29, 0.717) is 50.3 Å². The number of Topliss-reactive ketones (excluding diaryl/α,β-unsaturated/α-hetero) is 2. The average Bonchev–Trinajstić information content (AvgIpc) is 2.90. The molecular formula is C32H50Cl2N2O4. The highest BCUT2D eigenvalue weighted by molar-refractivity contribution is 5.99. The number of ether oxygens (including phenoxy) is 2. The van der Waals surface area contributed by atoms with Crippen LogP contribution < -0.4 is 9.47 Å². The summed E-state index contributed by atoms with van der Waals surface area (Å²) in [5.41, 5.74) is 1.38. The van der Waals surface area contributed by atoms with E-state index in [0.717, 1.165) is 37.2 Å². The van der Waals surface area contributed by atoms with Crippen LogP contribution in [-0.4, -0.2) is 75.9 Å². The lowest BCUT2D eigenvalue weighted by atomic mass is 9.86. The van der Waals surface area contributed by atoms with Gasteiger partial charge in [-0.25, -0.2) is 0 Å². The van der Waals surface area contributed by atoms with E-state index in [1.54, 1.807) is 0 Å². The lowest BCUT2D eigenvalue weighted by Crippen LogP contribution is -2.32. The summed E-state index contributed by atoms with van der Waals surface area (Å²) in [7, 11) is 7.93. The number of ketones is 2. The van der Waals surface area contributed by atoms with E-state index >= 15 is 0 Å². The second-order valence-electron chi connectivity index (χ2n) is 10.7. The van der Waals surface area contributed by atoms with Crippen molar-refractivity contribution >= 4 is 36.4 Å². The summed E-state index contributed by atoms with van der Waals surface area (Å²) >= 11 is 0. The maximum Gasteiger partial charge on any atom is 0.167 e. The molecule has 0 heterocycles. The van der Waals surface area contributed by atoms with Crippen LogP contribution >= 0.6 is 24.8 Å². The van der Waals surface area contributed by atoms with Crippen LogP contribution in [0.2, 0.25) is 0 Å². The second kappa shape index (κ2) is 20.7. The molecule has 0 spiro atoms. The summed E-state index contributed by atoms with van der Waals surface area (Å²) in [5, 5.41) is 0. The van der Waals surface area contributed by atoms with Crippen LogP contribution in [0.25, 0.3) is 0 Å². The van der Waals surface area contributed by atoms with Gasteiger partial charge in [0.05, 0.1) is 13.2 Å². The van der Waals surface area contributed by atoms with E-state index in [2.05, 4.69) is 13.8 Å². The fraction of sp³-hybridized carbons (Fsp3) is 0.562. The normalized spacial score (nSPS) is 12.3. The maximum absolute atomic E-state index is 13.5. The summed E-state index contributed by atoms with van der Waals surface area (Å²) in [6, 6.07) is 15.0. The number of carbonyl (C=O) groups is 2. The molecule has 0 saturated carbocycles. The van der Waals surface area contributed by atoms with Crippen LogP contribution in [0.1, 0.15) is 73.1 Å². The molecule has 0 amide bonds. The zero-order valence-corrected chi connectivity index (χ0v) is 26.8. The molecule has 2 unspecified atom stereocenters. The molecular weight excluding hydrogens is 547 g/mol. The van der Waals surface area contributed by atoms with E-state index in [4.69, 9.17) is 9.47 Å². The first kappa shape index (κ1) is 37.9. The highest BCUT2D eigenvalue weighted by atomic mass is 35.5. The largest absolute Gasteiger partial charge is 0.494 e. The van der Waals surface area contributed by atoms with Gasteiger partial charge < -0.3 is 19.3 Å². The number of halogens is 2. The van der Waals surface area contributed by atoms with E-state index in [1.165, 1.54) is 0 Å². The second-order valence-corrected chi connectivity index (χ2v) is 10.7. The molecule has 0 aliphatic heterocycles. The number of carbonyl (C=O) groups excluding carboxylic acids is 2. The predicted octanol–water partition coefficient (Wildman–Crippen LogP) is 7.09. The minimum absolute atomic E-state index is 0. The van der Waals surface area contributed by atoms with Gasteiger partial charge in [-0.2, -0.15) is 0 Å². The van der Waals surface area contributed by atoms with E-state index in [-0.39, 0.29) is 48.2 Å². The third-order valence-corrected chi connectivity index (χ3v) is 6.59. The standard InChI is InChI=1S/C32H48N2O4.2ClH/c1-7-9-21-37-29-17-13-25(14-18-29)31(35)27(23-33(3)4)11-12-28(24-34(5)6)32(36)26-15-19-30(20-16-26)38-22-10-8-2;;/h13-20,27-28H,7-12,21-24H2,1-6H3;2*1H. The predicted molar refractivity (Wildman–Crippen MR) is 170 cm³/mol. The van der Waals surface area contributed by atoms with Crippen molar-refractivity contribution in [2.24, 2.45) is 11.8 Å². The molecule has 2 atom stereocenters. The van der Waals surface area contributed by atoms with Gasteiger partial charge in [-0.05, 0) is 102 Å². The first-order valence-corrected chi connectivity index (χ1v) is 14.1. The third-order valence-electron chi connectivity index (χ3n) is 6.59. The van der Waals surface area contributed by atoms with Gasteiger partial charge in [-0.15, -0.1) is 24.8 Å². The van der Waals surface area contributed by atoms with Crippen LogP contribution in [0.4, 0.5) is 0 Å². The molecule has 8 heteroatoms. The zero-order valence-electron chi connectivity index (χ0n) is 25.2. The molecule has 0 aliphatic rings. The highest BCUT2D eigenvalue weighted by Crippen LogP contribution is 2.24. The minimum atomic E-state index is -0.191. The maximum atomic E-state index is 13.5. The lowest BCUT2D eigenvalue weighted by molar-refractivity contribution is 0.0834. The topological polar surface area (TPSA) is 59.1 Å². The van der Waals surface area contributed by atoms with Gasteiger partial charge in [0.1, 0.15) is 11.5 Å². The molecule has 40 heavy (non-hydrogen) atoms. The molecule has 0 aromatic heterocycles. The van der Waals surface area contributed by atoms with E-state index in [9.17, 15) is 9.59 Å². The Bertz CT molecular complexity index is 886. The van der Waals surface area contributed by atoms with Crippen molar-refractivity contribution in [1.29, 1.82) is 0 Å². The molecule has 0 fully saturated rings. The number of unbranched alkanes of at least 4 members (excludes halogenated alkanes) is 2.